The highest BCUT2D eigenvalue weighted by molar-refractivity contribution is 6.77. The molecule has 220 valence electrons. The zero-order valence-electron chi connectivity index (χ0n) is 26.8. The summed E-state index contributed by atoms with van der Waals surface area (Å²) in [4.78, 5) is 12.8. The maximum atomic E-state index is 12.8. The molecule has 0 aliphatic carbocycles. The molecule has 1 fully saturated rings. The van der Waals surface area contributed by atoms with Crippen LogP contribution in [0.15, 0.2) is 0 Å². The molecule has 0 radical (unpaired) electrons. The predicted molar refractivity (Wildman–Crippen MR) is 158 cm³/mol. The Kier molecular flexibility index (Phi) is 11.8. The van der Waals surface area contributed by atoms with Crippen LogP contribution in [0.3, 0.4) is 0 Å². The quantitative estimate of drug-likeness (QED) is 0.195. The number of hydrogen-bond donors (Lipinski definition) is 1. The van der Waals surface area contributed by atoms with Gasteiger partial charge in [-0.25, -0.2) is 0 Å². The van der Waals surface area contributed by atoms with E-state index >= 15 is 0 Å². The molecule has 1 N–H and O–H groups in total. The number of carbonyl (C=O) groups is 1. The zero-order valence-corrected chi connectivity index (χ0v) is 28.8. The van der Waals surface area contributed by atoms with Gasteiger partial charge < -0.3 is 23.4 Å². The van der Waals surface area contributed by atoms with Crippen LogP contribution >= 0.6 is 0 Å². The van der Waals surface area contributed by atoms with Gasteiger partial charge in [-0.3, -0.25) is 4.79 Å². The van der Waals surface area contributed by atoms with Crippen LogP contribution in [-0.4, -0.2) is 58.9 Å². The summed E-state index contributed by atoms with van der Waals surface area (Å²) in [6, 6.07) is 0. The fourth-order valence-electron chi connectivity index (χ4n) is 5.66. The molecular weight excluding hydrogens is 500 g/mol. The van der Waals surface area contributed by atoms with Gasteiger partial charge in [0.05, 0.1) is 18.8 Å². The van der Waals surface area contributed by atoms with Crippen molar-refractivity contribution in [3.63, 3.8) is 0 Å². The highest BCUT2D eigenvalue weighted by Gasteiger charge is 2.55. The highest BCUT2D eigenvalue weighted by Crippen LogP contribution is 2.48. The van der Waals surface area contributed by atoms with Crippen molar-refractivity contribution in [1.29, 1.82) is 0 Å². The summed E-state index contributed by atoms with van der Waals surface area (Å²) in [5, 5.41) is 12.0. The van der Waals surface area contributed by atoms with Gasteiger partial charge in [-0.1, -0.05) is 76.2 Å². The zero-order chi connectivity index (χ0) is 29.2. The Hall–Kier alpha value is -0.256. The van der Waals surface area contributed by atoms with Gasteiger partial charge in [0, 0.05) is 18.4 Å². The third-order valence-electron chi connectivity index (χ3n) is 9.22. The number of ether oxygens (including phenoxy) is 2. The molecule has 0 amide bonds. The number of hydrogen-bond acceptors (Lipinski definition) is 6. The lowest BCUT2D eigenvalue weighted by Gasteiger charge is -2.52. The standard InChI is InChI=1S/C29H60O6Si2/c1-16-32-26(30)23(8)29(31)18-24(35-37(20(2)3,21(4)5)22(6)7)17-25(34-29)28(12,13)19-33-36(14,15)27(9,10)11/h20-25,31H,16-19H2,1-15H3/t23-,24+,25+,29-/m0/s1. The van der Waals surface area contributed by atoms with Crippen LogP contribution < -0.4 is 0 Å². The minimum absolute atomic E-state index is 0.0955. The number of esters is 1. The van der Waals surface area contributed by atoms with Gasteiger partial charge in [-0.15, -0.1) is 0 Å². The van der Waals surface area contributed by atoms with Crippen LogP contribution in [0.4, 0.5) is 0 Å². The van der Waals surface area contributed by atoms with Crippen molar-refractivity contribution in [2.45, 2.75) is 156 Å². The van der Waals surface area contributed by atoms with E-state index in [-0.39, 0.29) is 30.3 Å². The molecule has 37 heavy (non-hydrogen) atoms. The van der Waals surface area contributed by atoms with Gasteiger partial charge in [-0.05, 0) is 55.0 Å². The molecular formula is C29H60O6Si2. The molecule has 0 aromatic heterocycles. The van der Waals surface area contributed by atoms with E-state index in [0.717, 1.165) is 0 Å². The summed E-state index contributed by atoms with van der Waals surface area (Å²) in [7, 11) is -4.20. The normalized spacial score (nSPS) is 25.2. The molecule has 4 atom stereocenters. The van der Waals surface area contributed by atoms with E-state index in [1.54, 1.807) is 13.8 Å². The van der Waals surface area contributed by atoms with E-state index in [9.17, 15) is 9.90 Å². The fraction of sp³-hybridized carbons (Fsp3) is 0.966. The summed E-state index contributed by atoms with van der Waals surface area (Å²) < 4.78 is 25.6. The van der Waals surface area contributed by atoms with Crippen molar-refractivity contribution in [3.8, 4) is 0 Å². The van der Waals surface area contributed by atoms with E-state index in [1.165, 1.54) is 0 Å². The molecule has 0 aromatic rings. The molecule has 1 aliphatic rings. The third-order valence-corrected chi connectivity index (χ3v) is 19.9. The van der Waals surface area contributed by atoms with E-state index in [0.29, 0.717) is 29.7 Å². The molecule has 1 heterocycles. The first-order valence-electron chi connectivity index (χ1n) is 14.5. The minimum atomic E-state index is -2.22. The van der Waals surface area contributed by atoms with Gasteiger partial charge >= 0.3 is 5.97 Å². The van der Waals surface area contributed by atoms with Crippen molar-refractivity contribution in [3.05, 3.63) is 0 Å². The van der Waals surface area contributed by atoms with Crippen molar-refractivity contribution >= 4 is 22.6 Å². The largest absolute Gasteiger partial charge is 0.466 e. The fourth-order valence-corrected chi connectivity index (χ4v) is 12.4. The summed E-state index contributed by atoms with van der Waals surface area (Å²) in [6.45, 7) is 33.4. The monoisotopic (exact) mass is 560 g/mol. The molecule has 0 aromatic carbocycles. The number of aliphatic hydroxyl groups is 1. The second kappa shape index (κ2) is 12.5. The molecule has 0 unspecified atom stereocenters. The first kappa shape index (κ1) is 34.8. The molecule has 8 heteroatoms. The lowest BCUT2D eigenvalue weighted by molar-refractivity contribution is -0.310. The van der Waals surface area contributed by atoms with Crippen LogP contribution in [0.25, 0.3) is 0 Å². The van der Waals surface area contributed by atoms with Crippen molar-refractivity contribution in [1.82, 2.24) is 0 Å². The molecule has 6 nitrogen and oxygen atoms in total. The lowest BCUT2D eigenvalue weighted by Crippen LogP contribution is -2.60. The van der Waals surface area contributed by atoms with Crippen LogP contribution in [0.1, 0.15) is 103 Å². The van der Waals surface area contributed by atoms with E-state index in [1.807, 2.05) is 0 Å². The molecule has 0 bridgehead atoms. The summed E-state index contributed by atoms with van der Waals surface area (Å²) in [5.74, 6) is -2.94. The van der Waals surface area contributed by atoms with Gasteiger partial charge in [0.1, 0.15) is 5.92 Å². The van der Waals surface area contributed by atoms with E-state index in [2.05, 4.69) is 89.3 Å². The van der Waals surface area contributed by atoms with Crippen molar-refractivity contribution in [2.24, 2.45) is 11.3 Å². The SMILES string of the molecule is CCOC(=O)[C@H](C)[C@]1(O)C[C@H](O[Si](C(C)C)(C(C)C)C(C)C)C[C@H](C(C)(C)CO[Si](C)(C)C(C)(C)C)O1. The Morgan fingerprint density at radius 3 is 1.89 bits per heavy atom. The van der Waals surface area contributed by atoms with Gasteiger partial charge in [0.15, 0.2) is 14.1 Å². The summed E-state index contributed by atoms with van der Waals surface area (Å²) in [6.07, 6.45) is 0.360. The lowest BCUT2D eigenvalue weighted by atomic mass is 9.79. The number of rotatable bonds is 12. The average molecular weight is 561 g/mol. The molecule has 0 saturated carbocycles. The Bertz CT molecular complexity index is 721. The van der Waals surface area contributed by atoms with Gasteiger partial charge in [0.25, 0.3) is 0 Å². The smallest absolute Gasteiger partial charge is 0.314 e. The van der Waals surface area contributed by atoms with Gasteiger partial charge in [-0.2, -0.15) is 0 Å². The van der Waals surface area contributed by atoms with Crippen LogP contribution in [0.2, 0.25) is 34.8 Å². The third kappa shape index (κ3) is 7.91. The second-order valence-corrected chi connectivity index (χ2v) is 24.7. The second-order valence-electron chi connectivity index (χ2n) is 14.5. The number of carbonyl (C=O) groups excluding carboxylic acids is 1. The molecule has 0 spiro atoms. The average Bonchev–Trinajstić information content (AvgIpc) is 2.74. The predicted octanol–water partition coefficient (Wildman–Crippen LogP) is 7.66. The van der Waals surface area contributed by atoms with Crippen LogP contribution in [0, 0.1) is 11.3 Å². The van der Waals surface area contributed by atoms with Crippen LogP contribution in [-0.2, 0) is 23.1 Å². The molecule has 1 saturated heterocycles. The molecule has 1 aliphatic heterocycles. The first-order valence-corrected chi connectivity index (χ1v) is 19.5. The topological polar surface area (TPSA) is 74.2 Å². The van der Waals surface area contributed by atoms with Crippen LogP contribution in [0.5, 0.6) is 0 Å². The minimum Gasteiger partial charge on any atom is -0.466 e. The molecule has 1 rings (SSSR count). The maximum absolute atomic E-state index is 12.8. The van der Waals surface area contributed by atoms with Gasteiger partial charge in [0.2, 0.25) is 8.32 Å². The Morgan fingerprint density at radius 2 is 1.49 bits per heavy atom. The summed E-state index contributed by atoms with van der Waals surface area (Å²) in [5.41, 5.74) is 0.857. The van der Waals surface area contributed by atoms with Crippen molar-refractivity contribution in [2.75, 3.05) is 13.2 Å². The van der Waals surface area contributed by atoms with Crippen molar-refractivity contribution < 1.29 is 28.2 Å². The maximum Gasteiger partial charge on any atom is 0.314 e. The highest BCUT2D eigenvalue weighted by atomic mass is 28.4. The first-order chi connectivity index (χ1) is 16.6. The van der Waals surface area contributed by atoms with E-state index < -0.39 is 39.7 Å². The Morgan fingerprint density at radius 1 is 1.00 bits per heavy atom. The Balaban J connectivity index is 3.43. The summed E-state index contributed by atoms with van der Waals surface area (Å²) >= 11 is 0. The van der Waals surface area contributed by atoms with E-state index in [4.69, 9.17) is 18.3 Å². The Labute approximate surface area is 230 Å².